The van der Waals surface area contributed by atoms with E-state index >= 15 is 0 Å². The van der Waals surface area contributed by atoms with Gasteiger partial charge < -0.3 is 19.7 Å². The number of fused-ring (bicyclic) bond motifs is 2. The Morgan fingerprint density at radius 1 is 1.47 bits per heavy atom. The highest BCUT2D eigenvalue weighted by atomic mass is 16.6. The fraction of sp³-hybridized carbons (Fsp3) is 0.700. The molecule has 2 saturated heterocycles. The van der Waals surface area contributed by atoms with Crippen molar-refractivity contribution in [1.82, 2.24) is 0 Å². The lowest BCUT2D eigenvalue weighted by Crippen LogP contribution is -2.46. The molecular formula is C10H12O5. The first-order valence-electron chi connectivity index (χ1n) is 5.07. The number of hydrogen-bond donors (Lipinski definition) is 2. The van der Waals surface area contributed by atoms with Crippen LogP contribution in [0.4, 0.5) is 0 Å². The van der Waals surface area contributed by atoms with Crippen LogP contribution < -0.4 is 0 Å². The van der Waals surface area contributed by atoms with Gasteiger partial charge in [0.2, 0.25) is 0 Å². The molecule has 82 valence electrons. The Morgan fingerprint density at radius 2 is 2.20 bits per heavy atom. The van der Waals surface area contributed by atoms with Crippen LogP contribution in [0.25, 0.3) is 0 Å². The summed E-state index contributed by atoms with van der Waals surface area (Å²) >= 11 is 0. The molecule has 5 heteroatoms. The van der Waals surface area contributed by atoms with Crippen LogP contribution >= 0.6 is 0 Å². The van der Waals surface area contributed by atoms with E-state index in [1.165, 1.54) is 0 Å². The largest absolute Gasteiger partial charge is 0.509 e. The number of aliphatic hydroxyl groups is 2. The first kappa shape index (κ1) is 9.18. The zero-order valence-corrected chi connectivity index (χ0v) is 8.21. The van der Waals surface area contributed by atoms with Gasteiger partial charge in [0.05, 0.1) is 17.8 Å². The molecule has 5 nitrogen and oxygen atoms in total. The quantitative estimate of drug-likeness (QED) is 0.432. The summed E-state index contributed by atoms with van der Waals surface area (Å²) in [4.78, 5) is 11.6. The molecule has 2 aliphatic heterocycles. The highest BCUT2D eigenvalue weighted by Crippen LogP contribution is 2.46. The van der Waals surface area contributed by atoms with E-state index in [9.17, 15) is 15.0 Å². The summed E-state index contributed by atoms with van der Waals surface area (Å²) in [5, 5.41) is 19.6. The molecule has 0 amide bonds. The van der Waals surface area contributed by atoms with Crippen LogP contribution in [0.1, 0.15) is 13.3 Å². The van der Waals surface area contributed by atoms with E-state index in [0.717, 1.165) is 0 Å². The van der Waals surface area contributed by atoms with Crippen molar-refractivity contribution in [2.24, 2.45) is 5.92 Å². The number of cyclic esters (lactones) is 1. The lowest BCUT2D eigenvalue weighted by molar-refractivity contribution is -0.160. The fourth-order valence-electron chi connectivity index (χ4n) is 2.47. The number of carbonyl (C=O) groups excluding carboxylic acids is 1. The number of hydrogen-bond acceptors (Lipinski definition) is 5. The topological polar surface area (TPSA) is 79.3 Å². The summed E-state index contributed by atoms with van der Waals surface area (Å²) in [6.45, 7) is 1.65. The third-order valence-corrected chi connectivity index (χ3v) is 3.39. The molecule has 15 heavy (non-hydrogen) atoms. The van der Waals surface area contributed by atoms with E-state index < -0.39 is 18.2 Å². The minimum absolute atomic E-state index is 0.0356. The first-order valence-corrected chi connectivity index (χ1v) is 5.07. The Hall–Kier alpha value is -1.07. The number of rotatable bonds is 0. The molecule has 0 saturated carbocycles. The van der Waals surface area contributed by atoms with Crippen LogP contribution in [-0.2, 0) is 14.3 Å². The molecule has 0 aromatic rings. The normalized spacial score (nSPS) is 48.1. The van der Waals surface area contributed by atoms with Crippen molar-refractivity contribution in [2.45, 2.75) is 37.8 Å². The van der Waals surface area contributed by atoms with Gasteiger partial charge in [-0.05, 0) is 13.3 Å². The summed E-state index contributed by atoms with van der Waals surface area (Å²) in [6, 6.07) is 0. The second-order valence-corrected chi connectivity index (χ2v) is 4.34. The molecule has 5 unspecified atom stereocenters. The number of carbonyl (C=O) groups is 1. The Morgan fingerprint density at radius 3 is 2.93 bits per heavy atom. The van der Waals surface area contributed by atoms with Gasteiger partial charge in [0.15, 0.2) is 0 Å². The lowest BCUT2D eigenvalue weighted by Gasteiger charge is -2.35. The molecule has 0 aromatic carbocycles. The smallest absolute Gasteiger partial charge is 0.338 e. The first-order chi connectivity index (χ1) is 7.09. The molecule has 1 aliphatic carbocycles. The van der Waals surface area contributed by atoms with Crippen molar-refractivity contribution in [3.8, 4) is 0 Å². The number of ether oxygens (including phenoxy) is 2. The van der Waals surface area contributed by atoms with Crippen molar-refractivity contribution in [3.05, 3.63) is 11.3 Å². The molecule has 2 N–H and O–H groups in total. The minimum Gasteiger partial charge on any atom is -0.509 e. The number of esters is 1. The van der Waals surface area contributed by atoms with Crippen molar-refractivity contribution >= 4 is 5.97 Å². The average Bonchev–Trinajstić information content (AvgIpc) is 2.93. The minimum atomic E-state index is -0.745. The van der Waals surface area contributed by atoms with E-state index in [2.05, 4.69) is 0 Å². The maximum absolute atomic E-state index is 11.6. The van der Waals surface area contributed by atoms with E-state index in [1.807, 2.05) is 0 Å². The maximum Gasteiger partial charge on any atom is 0.338 e. The van der Waals surface area contributed by atoms with Gasteiger partial charge in [-0.15, -0.1) is 0 Å². The molecule has 0 spiro atoms. The second-order valence-electron chi connectivity index (χ2n) is 4.34. The Labute approximate surface area is 86.3 Å². The Bertz CT molecular complexity index is 361. The molecule has 0 radical (unpaired) electrons. The third-order valence-electron chi connectivity index (χ3n) is 3.39. The van der Waals surface area contributed by atoms with Crippen LogP contribution in [0, 0.1) is 5.92 Å². The summed E-state index contributed by atoms with van der Waals surface area (Å²) in [6.07, 6.45) is -1.06. The second kappa shape index (κ2) is 2.74. The van der Waals surface area contributed by atoms with E-state index in [4.69, 9.17) is 9.47 Å². The SMILES string of the molecule is CC1OC(=O)C2=C(O)C3OC3CC2C1O. The molecule has 0 aromatic heterocycles. The van der Waals surface area contributed by atoms with E-state index in [-0.39, 0.29) is 29.5 Å². The van der Waals surface area contributed by atoms with Gasteiger partial charge in [0.25, 0.3) is 0 Å². The van der Waals surface area contributed by atoms with Crippen LogP contribution in [0.2, 0.25) is 0 Å². The average molecular weight is 212 g/mol. The molecule has 0 bridgehead atoms. The molecule has 2 fully saturated rings. The van der Waals surface area contributed by atoms with E-state index in [1.54, 1.807) is 6.92 Å². The Kier molecular flexibility index (Phi) is 1.67. The van der Waals surface area contributed by atoms with E-state index in [0.29, 0.717) is 6.42 Å². The molecular weight excluding hydrogens is 200 g/mol. The van der Waals surface area contributed by atoms with Crippen molar-refractivity contribution in [1.29, 1.82) is 0 Å². The van der Waals surface area contributed by atoms with Gasteiger partial charge in [-0.2, -0.15) is 0 Å². The summed E-state index contributed by atoms with van der Waals surface area (Å²) < 4.78 is 10.1. The van der Waals surface area contributed by atoms with Gasteiger partial charge in [-0.25, -0.2) is 4.79 Å². The lowest BCUT2D eigenvalue weighted by atomic mass is 9.79. The summed E-state index contributed by atoms with van der Waals surface area (Å²) in [5.41, 5.74) is 0.208. The molecule has 2 heterocycles. The van der Waals surface area contributed by atoms with Crippen molar-refractivity contribution < 1.29 is 24.5 Å². The third kappa shape index (κ3) is 1.13. The zero-order valence-electron chi connectivity index (χ0n) is 8.21. The van der Waals surface area contributed by atoms with Crippen LogP contribution in [0.15, 0.2) is 11.3 Å². The van der Waals surface area contributed by atoms with Crippen LogP contribution in [0.5, 0.6) is 0 Å². The molecule has 5 atom stereocenters. The number of epoxide rings is 1. The predicted octanol–water partition coefficient (Wildman–Crippen LogP) is -0.108. The summed E-state index contributed by atoms with van der Waals surface area (Å²) in [7, 11) is 0. The Balaban J connectivity index is 2.03. The monoisotopic (exact) mass is 212 g/mol. The number of aliphatic hydroxyl groups excluding tert-OH is 2. The van der Waals surface area contributed by atoms with Crippen molar-refractivity contribution in [2.75, 3.05) is 0 Å². The highest BCUT2D eigenvalue weighted by molar-refractivity contribution is 5.91. The van der Waals surface area contributed by atoms with Gasteiger partial charge in [-0.1, -0.05) is 0 Å². The van der Waals surface area contributed by atoms with Crippen LogP contribution in [0.3, 0.4) is 0 Å². The van der Waals surface area contributed by atoms with Crippen molar-refractivity contribution in [3.63, 3.8) is 0 Å². The van der Waals surface area contributed by atoms with Gasteiger partial charge in [-0.3, -0.25) is 0 Å². The fourth-order valence-corrected chi connectivity index (χ4v) is 2.47. The maximum atomic E-state index is 11.6. The van der Waals surface area contributed by atoms with Gasteiger partial charge >= 0.3 is 5.97 Å². The zero-order chi connectivity index (χ0) is 10.7. The summed E-state index contributed by atoms with van der Waals surface area (Å²) in [5.74, 6) is -0.915. The predicted molar refractivity (Wildman–Crippen MR) is 48.0 cm³/mol. The standard InChI is InChI=1S/C10H12O5/c1-3-7(11)4-2-5-9(15-5)8(12)6(4)10(13)14-3/h3-5,7,9,11-12H,2H2,1H3. The van der Waals surface area contributed by atoms with Gasteiger partial charge in [0, 0.05) is 5.92 Å². The van der Waals surface area contributed by atoms with Gasteiger partial charge in [0.1, 0.15) is 18.0 Å². The highest BCUT2D eigenvalue weighted by Gasteiger charge is 2.55. The van der Waals surface area contributed by atoms with Crippen LogP contribution in [-0.4, -0.2) is 40.6 Å². The molecule has 3 aliphatic rings. The molecule has 3 rings (SSSR count).